The molecular weight excluding hydrogens is 443 g/mol. The number of hydrogen-bond acceptors (Lipinski definition) is 5. The van der Waals surface area contributed by atoms with Crippen molar-refractivity contribution in [2.24, 2.45) is 0 Å². The fourth-order valence-electron chi connectivity index (χ4n) is 2.84. The van der Waals surface area contributed by atoms with Gasteiger partial charge in [-0.25, -0.2) is 9.18 Å². The summed E-state index contributed by atoms with van der Waals surface area (Å²) < 4.78 is 24.7. The number of nitrogens with zero attached hydrogens (tertiary/aromatic N) is 2. The maximum atomic E-state index is 13.2. The number of benzene rings is 2. The molecule has 1 amide bonds. The Balaban J connectivity index is 1.74. The SMILES string of the molecule is Cc1c(C(=O)OCC(=O)N(CCC#N)c2ccc(F)cc2)oc2ccc(Br)cc12. The Morgan fingerprint density at radius 2 is 1.97 bits per heavy atom. The summed E-state index contributed by atoms with van der Waals surface area (Å²) in [5.74, 6) is -1.71. The molecule has 0 spiro atoms. The topological polar surface area (TPSA) is 83.5 Å². The van der Waals surface area contributed by atoms with Crippen LogP contribution in [0.1, 0.15) is 22.5 Å². The zero-order valence-corrected chi connectivity index (χ0v) is 17.0. The van der Waals surface area contributed by atoms with E-state index in [1.807, 2.05) is 12.1 Å². The number of aryl methyl sites for hydroxylation is 1. The van der Waals surface area contributed by atoms with E-state index >= 15 is 0 Å². The van der Waals surface area contributed by atoms with Gasteiger partial charge in [-0.2, -0.15) is 5.26 Å². The summed E-state index contributed by atoms with van der Waals surface area (Å²) in [7, 11) is 0. The molecule has 0 aliphatic heterocycles. The van der Waals surface area contributed by atoms with E-state index in [0.29, 0.717) is 16.8 Å². The van der Waals surface area contributed by atoms with Crippen molar-refractivity contribution < 1.29 is 23.1 Å². The number of furan rings is 1. The Hall–Kier alpha value is -3.18. The first-order chi connectivity index (χ1) is 13.9. The molecule has 0 aliphatic carbocycles. The van der Waals surface area contributed by atoms with Gasteiger partial charge in [0.05, 0.1) is 12.5 Å². The number of carbonyl (C=O) groups is 2. The fraction of sp³-hybridized carbons (Fsp3) is 0.190. The average Bonchev–Trinajstić information content (AvgIpc) is 3.04. The lowest BCUT2D eigenvalue weighted by Crippen LogP contribution is -2.35. The summed E-state index contributed by atoms with van der Waals surface area (Å²) in [5, 5.41) is 9.59. The van der Waals surface area contributed by atoms with E-state index in [4.69, 9.17) is 14.4 Å². The zero-order valence-electron chi connectivity index (χ0n) is 15.4. The van der Waals surface area contributed by atoms with Gasteiger partial charge in [0, 0.05) is 27.7 Å². The molecule has 0 unspecified atom stereocenters. The molecule has 8 heteroatoms. The molecule has 0 N–H and O–H groups in total. The second kappa shape index (κ2) is 8.88. The Bertz CT molecular complexity index is 1100. The molecule has 0 atom stereocenters. The molecule has 1 aromatic heterocycles. The molecule has 0 saturated carbocycles. The highest BCUT2D eigenvalue weighted by atomic mass is 79.9. The molecule has 0 saturated heterocycles. The van der Waals surface area contributed by atoms with Gasteiger partial charge < -0.3 is 14.1 Å². The van der Waals surface area contributed by atoms with E-state index in [1.165, 1.54) is 29.2 Å². The van der Waals surface area contributed by atoms with Gasteiger partial charge in [0.2, 0.25) is 5.76 Å². The van der Waals surface area contributed by atoms with Crippen molar-refractivity contribution >= 4 is 44.5 Å². The van der Waals surface area contributed by atoms with Gasteiger partial charge in [-0.15, -0.1) is 0 Å². The first-order valence-electron chi connectivity index (χ1n) is 8.69. The van der Waals surface area contributed by atoms with Crippen LogP contribution < -0.4 is 4.90 Å². The van der Waals surface area contributed by atoms with Crippen LogP contribution in [0.2, 0.25) is 0 Å². The molecule has 29 heavy (non-hydrogen) atoms. The van der Waals surface area contributed by atoms with E-state index in [9.17, 15) is 14.0 Å². The number of carbonyl (C=O) groups excluding carboxylic acids is 2. The van der Waals surface area contributed by atoms with Crippen molar-refractivity contribution in [1.29, 1.82) is 5.26 Å². The van der Waals surface area contributed by atoms with Crippen LogP contribution in [-0.4, -0.2) is 25.0 Å². The molecule has 2 aromatic carbocycles. The van der Waals surface area contributed by atoms with E-state index in [2.05, 4.69) is 15.9 Å². The fourth-order valence-corrected chi connectivity index (χ4v) is 3.20. The van der Waals surface area contributed by atoms with E-state index in [0.717, 1.165) is 9.86 Å². The van der Waals surface area contributed by atoms with Crippen molar-refractivity contribution in [3.8, 4) is 6.07 Å². The van der Waals surface area contributed by atoms with Crippen LogP contribution in [0.3, 0.4) is 0 Å². The Kier molecular flexibility index (Phi) is 6.29. The highest BCUT2D eigenvalue weighted by Crippen LogP contribution is 2.28. The van der Waals surface area contributed by atoms with Crippen LogP contribution in [0.4, 0.5) is 10.1 Å². The number of fused-ring (bicyclic) bond motifs is 1. The minimum atomic E-state index is -0.762. The number of hydrogen-bond donors (Lipinski definition) is 0. The summed E-state index contributed by atoms with van der Waals surface area (Å²) in [6.07, 6.45) is 0.0780. The number of rotatable bonds is 6. The largest absolute Gasteiger partial charge is 0.450 e. The molecule has 0 aliphatic rings. The Morgan fingerprint density at radius 1 is 1.24 bits per heavy atom. The van der Waals surface area contributed by atoms with E-state index < -0.39 is 24.3 Å². The predicted molar refractivity (Wildman–Crippen MR) is 108 cm³/mol. The number of anilines is 1. The van der Waals surface area contributed by atoms with E-state index in [-0.39, 0.29) is 18.7 Å². The molecule has 0 radical (unpaired) electrons. The Morgan fingerprint density at radius 3 is 2.66 bits per heavy atom. The summed E-state index contributed by atoms with van der Waals surface area (Å²) in [5.41, 5.74) is 1.55. The van der Waals surface area contributed by atoms with Crippen LogP contribution >= 0.6 is 15.9 Å². The van der Waals surface area contributed by atoms with Gasteiger partial charge in [0.1, 0.15) is 11.4 Å². The summed E-state index contributed by atoms with van der Waals surface area (Å²) in [6.45, 7) is 1.28. The first-order valence-corrected chi connectivity index (χ1v) is 9.48. The van der Waals surface area contributed by atoms with Gasteiger partial charge >= 0.3 is 5.97 Å². The summed E-state index contributed by atoms with van der Waals surface area (Å²) >= 11 is 3.37. The normalized spacial score (nSPS) is 10.6. The van der Waals surface area contributed by atoms with Crippen LogP contribution in [0.25, 0.3) is 11.0 Å². The zero-order chi connectivity index (χ0) is 21.0. The van der Waals surface area contributed by atoms with Crippen LogP contribution in [0.5, 0.6) is 0 Å². The minimum Gasteiger partial charge on any atom is -0.450 e. The smallest absolute Gasteiger partial charge is 0.375 e. The van der Waals surface area contributed by atoms with Crippen LogP contribution in [0.15, 0.2) is 51.4 Å². The highest BCUT2D eigenvalue weighted by Gasteiger charge is 2.22. The highest BCUT2D eigenvalue weighted by molar-refractivity contribution is 9.10. The number of nitriles is 1. The van der Waals surface area contributed by atoms with Gasteiger partial charge in [-0.3, -0.25) is 4.79 Å². The summed E-state index contributed by atoms with van der Waals surface area (Å²) in [4.78, 5) is 26.3. The molecule has 148 valence electrons. The lowest BCUT2D eigenvalue weighted by Gasteiger charge is -2.21. The van der Waals surface area contributed by atoms with Gasteiger partial charge in [-0.1, -0.05) is 15.9 Å². The third-order valence-corrected chi connectivity index (χ3v) is 4.79. The van der Waals surface area contributed by atoms with Crippen molar-refractivity contribution in [3.05, 3.63) is 64.1 Å². The van der Waals surface area contributed by atoms with Gasteiger partial charge in [0.15, 0.2) is 6.61 Å². The number of ether oxygens (including phenoxy) is 1. The third-order valence-electron chi connectivity index (χ3n) is 4.30. The van der Waals surface area contributed by atoms with Crippen molar-refractivity contribution in [1.82, 2.24) is 0 Å². The average molecular weight is 459 g/mol. The minimum absolute atomic E-state index is 0.0243. The lowest BCUT2D eigenvalue weighted by atomic mass is 10.1. The molecule has 0 bridgehead atoms. The van der Waals surface area contributed by atoms with Crippen LogP contribution in [-0.2, 0) is 9.53 Å². The van der Waals surface area contributed by atoms with Crippen LogP contribution in [0, 0.1) is 24.1 Å². The standard InChI is InChI=1S/C21H16BrFN2O4/c1-13-17-11-14(22)3-8-18(17)29-20(13)21(27)28-12-19(26)25(10-2-9-24)16-6-4-15(23)5-7-16/h3-8,11H,2,10,12H2,1H3. The molecule has 3 rings (SSSR count). The lowest BCUT2D eigenvalue weighted by molar-refractivity contribution is -0.121. The van der Waals surface area contributed by atoms with Crippen molar-refractivity contribution in [3.63, 3.8) is 0 Å². The quantitative estimate of drug-likeness (QED) is 0.497. The monoisotopic (exact) mass is 458 g/mol. The summed E-state index contributed by atoms with van der Waals surface area (Å²) in [6, 6.07) is 12.6. The van der Waals surface area contributed by atoms with Gasteiger partial charge in [-0.05, 0) is 49.4 Å². The Labute approximate surface area is 174 Å². The number of halogens is 2. The third kappa shape index (κ3) is 4.63. The molecule has 3 aromatic rings. The van der Waals surface area contributed by atoms with Crippen molar-refractivity contribution in [2.75, 3.05) is 18.1 Å². The van der Waals surface area contributed by atoms with E-state index in [1.54, 1.807) is 19.1 Å². The molecule has 1 heterocycles. The maximum Gasteiger partial charge on any atom is 0.375 e. The first kappa shape index (κ1) is 20.6. The van der Waals surface area contributed by atoms with Crippen molar-refractivity contribution in [2.45, 2.75) is 13.3 Å². The second-order valence-corrected chi connectivity index (χ2v) is 7.12. The molecule has 6 nitrogen and oxygen atoms in total. The maximum absolute atomic E-state index is 13.2. The molecule has 0 fully saturated rings. The molecular formula is C21H16BrFN2O4. The predicted octanol–water partition coefficient (Wildman–Crippen LogP) is 4.75. The second-order valence-electron chi connectivity index (χ2n) is 6.20. The van der Waals surface area contributed by atoms with Gasteiger partial charge in [0.25, 0.3) is 5.91 Å². The number of esters is 1. The number of amides is 1.